The van der Waals surface area contributed by atoms with Crippen molar-refractivity contribution in [3.63, 3.8) is 0 Å². The minimum atomic E-state index is 0.337. The second-order valence-electron chi connectivity index (χ2n) is 6.49. The highest BCUT2D eigenvalue weighted by molar-refractivity contribution is 6.31. The molecule has 6 heteroatoms. The Kier molecular flexibility index (Phi) is 6.46. The molecule has 1 heterocycles. The van der Waals surface area contributed by atoms with Crippen molar-refractivity contribution in [1.29, 1.82) is 5.26 Å². The Labute approximate surface area is 169 Å². The molecule has 2 aromatic carbocycles. The van der Waals surface area contributed by atoms with Crippen molar-refractivity contribution < 1.29 is 5.21 Å². The Morgan fingerprint density at radius 1 is 1.21 bits per heavy atom. The molecule has 142 valence electrons. The molecule has 0 spiro atoms. The first-order valence-electron chi connectivity index (χ1n) is 9.18. The van der Waals surface area contributed by atoms with Gasteiger partial charge in [0.15, 0.2) is 5.15 Å². The van der Waals surface area contributed by atoms with Gasteiger partial charge in [-0.2, -0.15) is 5.26 Å². The molecule has 0 saturated carbocycles. The van der Waals surface area contributed by atoms with Crippen LogP contribution in [-0.4, -0.2) is 21.0 Å². The Balaban J connectivity index is 1.91. The monoisotopic (exact) mass is 392 g/mol. The van der Waals surface area contributed by atoms with Gasteiger partial charge in [0.2, 0.25) is 0 Å². The van der Waals surface area contributed by atoms with Crippen LogP contribution in [0.2, 0.25) is 5.15 Å². The van der Waals surface area contributed by atoms with Crippen LogP contribution in [0.25, 0.3) is 11.1 Å². The van der Waals surface area contributed by atoms with E-state index in [0.29, 0.717) is 23.0 Å². The largest absolute Gasteiger partial charge is 0.411 e. The molecule has 5 nitrogen and oxygen atoms in total. The van der Waals surface area contributed by atoms with E-state index >= 15 is 0 Å². The average Bonchev–Trinajstić information content (AvgIpc) is 3.02. The van der Waals surface area contributed by atoms with E-state index in [9.17, 15) is 5.26 Å². The fourth-order valence-electron chi connectivity index (χ4n) is 3.17. The van der Waals surface area contributed by atoms with Crippen LogP contribution >= 0.6 is 11.6 Å². The summed E-state index contributed by atoms with van der Waals surface area (Å²) < 4.78 is 1.98. The predicted octanol–water partition coefficient (Wildman–Crippen LogP) is 5.27. The molecule has 3 rings (SSSR count). The zero-order chi connectivity index (χ0) is 19.9. The van der Waals surface area contributed by atoms with Crippen molar-refractivity contribution in [3.8, 4) is 17.2 Å². The lowest BCUT2D eigenvalue weighted by molar-refractivity contribution is 0.321. The van der Waals surface area contributed by atoms with Gasteiger partial charge in [-0.15, -0.1) is 0 Å². The summed E-state index contributed by atoms with van der Waals surface area (Å²) >= 11 is 6.25. The fraction of sp³-hybridized carbons (Fsp3) is 0.227. The predicted molar refractivity (Wildman–Crippen MR) is 111 cm³/mol. The van der Waals surface area contributed by atoms with Crippen molar-refractivity contribution in [2.75, 3.05) is 0 Å². The quantitative estimate of drug-likeness (QED) is 0.338. The zero-order valence-electron chi connectivity index (χ0n) is 15.6. The van der Waals surface area contributed by atoms with Crippen LogP contribution in [-0.2, 0) is 13.0 Å². The molecule has 28 heavy (non-hydrogen) atoms. The number of imidazole rings is 1. The second kappa shape index (κ2) is 9.20. The van der Waals surface area contributed by atoms with E-state index in [1.807, 2.05) is 53.1 Å². The second-order valence-corrected chi connectivity index (χ2v) is 6.85. The first-order valence-corrected chi connectivity index (χ1v) is 9.56. The normalized spacial score (nSPS) is 11.0. The highest BCUT2D eigenvalue weighted by Gasteiger charge is 2.15. The minimum absolute atomic E-state index is 0.337. The summed E-state index contributed by atoms with van der Waals surface area (Å²) in [7, 11) is 0. The van der Waals surface area contributed by atoms with Gasteiger partial charge in [0.25, 0.3) is 0 Å². The lowest BCUT2D eigenvalue weighted by Gasteiger charge is -2.11. The number of halogens is 1. The third kappa shape index (κ3) is 4.24. The Morgan fingerprint density at radius 3 is 2.64 bits per heavy atom. The van der Waals surface area contributed by atoms with Gasteiger partial charge in [-0.1, -0.05) is 72.6 Å². The number of unbranched alkanes of at least 4 members (excludes halogenated alkanes) is 1. The minimum Gasteiger partial charge on any atom is -0.411 e. The van der Waals surface area contributed by atoms with E-state index in [1.165, 1.54) is 6.21 Å². The van der Waals surface area contributed by atoms with Gasteiger partial charge in [0, 0.05) is 13.0 Å². The standard InChI is InChI=1S/C22H21ClN4O/c1-2-3-8-21-26-22(23)20(14-25-28)27(21)15-16-9-11-17(12-10-16)19-7-5-4-6-18(19)13-24/h4-7,9-12,14,28H,2-3,8,15H2,1H3/b25-14+. The average molecular weight is 393 g/mol. The van der Waals surface area contributed by atoms with Gasteiger partial charge in [-0.3, -0.25) is 0 Å². The molecule has 1 aromatic heterocycles. The third-order valence-electron chi connectivity index (χ3n) is 4.63. The van der Waals surface area contributed by atoms with Crippen LogP contribution < -0.4 is 0 Å². The van der Waals surface area contributed by atoms with Crippen LogP contribution in [0.1, 0.15) is 42.4 Å². The lowest BCUT2D eigenvalue weighted by Crippen LogP contribution is -2.09. The highest BCUT2D eigenvalue weighted by atomic mass is 35.5. The maximum absolute atomic E-state index is 9.31. The fourth-order valence-corrected chi connectivity index (χ4v) is 3.41. The molecule has 3 aromatic rings. The Bertz CT molecular complexity index is 1020. The lowest BCUT2D eigenvalue weighted by atomic mass is 9.99. The van der Waals surface area contributed by atoms with Crippen LogP contribution in [0, 0.1) is 11.3 Å². The molecule has 0 radical (unpaired) electrons. The van der Waals surface area contributed by atoms with Gasteiger partial charge >= 0.3 is 0 Å². The molecule has 0 fully saturated rings. The van der Waals surface area contributed by atoms with Gasteiger partial charge in [-0.05, 0) is 29.2 Å². The maximum Gasteiger partial charge on any atom is 0.156 e. The highest BCUT2D eigenvalue weighted by Crippen LogP contribution is 2.25. The Morgan fingerprint density at radius 2 is 1.96 bits per heavy atom. The molecule has 0 bridgehead atoms. The van der Waals surface area contributed by atoms with Crippen LogP contribution in [0.15, 0.2) is 53.7 Å². The summed E-state index contributed by atoms with van der Waals surface area (Å²) in [5.74, 6) is 0.876. The molecule has 0 unspecified atom stereocenters. The van der Waals surface area contributed by atoms with Crippen LogP contribution in [0.4, 0.5) is 0 Å². The van der Waals surface area contributed by atoms with E-state index < -0.39 is 0 Å². The molecule has 0 aliphatic carbocycles. The summed E-state index contributed by atoms with van der Waals surface area (Å²) in [6.07, 6.45) is 4.19. The number of aromatic nitrogens is 2. The van der Waals surface area contributed by atoms with Gasteiger partial charge < -0.3 is 9.77 Å². The summed E-state index contributed by atoms with van der Waals surface area (Å²) in [5.41, 5.74) is 4.22. The van der Waals surface area contributed by atoms with Crippen molar-refractivity contribution in [1.82, 2.24) is 9.55 Å². The van der Waals surface area contributed by atoms with Gasteiger partial charge in [0.1, 0.15) is 11.5 Å². The van der Waals surface area contributed by atoms with E-state index in [-0.39, 0.29) is 0 Å². The van der Waals surface area contributed by atoms with E-state index in [0.717, 1.165) is 41.8 Å². The summed E-state index contributed by atoms with van der Waals surface area (Å²) in [5, 5.41) is 21.8. The molecule has 1 N–H and O–H groups in total. The van der Waals surface area contributed by atoms with Crippen molar-refractivity contribution in [2.45, 2.75) is 32.7 Å². The van der Waals surface area contributed by atoms with E-state index in [1.54, 1.807) is 0 Å². The third-order valence-corrected chi connectivity index (χ3v) is 4.91. The first-order chi connectivity index (χ1) is 13.7. The number of oxime groups is 1. The number of nitriles is 1. The molecule has 0 atom stereocenters. The molecule has 0 saturated heterocycles. The molecular weight excluding hydrogens is 372 g/mol. The van der Waals surface area contributed by atoms with Gasteiger partial charge in [0.05, 0.1) is 17.8 Å². The number of aryl methyl sites for hydroxylation is 1. The number of nitrogens with zero attached hydrogens (tertiary/aromatic N) is 4. The van der Waals surface area contributed by atoms with Crippen LogP contribution in [0.3, 0.4) is 0 Å². The Hall–Kier alpha value is -3.10. The first kappa shape index (κ1) is 19.7. The topological polar surface area (TPSA) is 74.2 Å². The number of hydrogen-bond acceptors (Lipinski definition) is 4. The zero-order valence-corrected chi connectivity index (χ0v) is 16.4. The summed E-state index contributed by atoms with van der Waals surface area (Å²) in [4.78, 5) is 4.44. The molecular formula is C22H21ClN4O. The van der Waals surface area contributed by atoms with Crippen LogP contribution in [0.5, 0.6) is 0 Å². The van der Waals surface area contributed by atoms with Crippen molar-refractivity contribution in [2.24, 2.45) is 5.16 Å². The summed E-state index contributed by atoms with van der Waals surface area (Å²) in [6.45, 7) is 2.70. The SMILES string of the molecule is CCCCc1nc(Cl)c(/C=N/O)n1Cc1ccc(-c2ccccc2C#N)cc1. The maximum atomic E-state index is 9.31. The summed E-state index contributed by atoms with van der Waals surface area (Å²) in [6, 6.07) is 17.9. The number of benzene rings is 2. The number of hydrogen-bond donors (Lipinski definition) is 1. The molecule has 0 aliphatic rings. The van der Waals surface area contributed by atoms with Gasteiger partial charge in [-0.25, -0.2) is 4.98 Å². The van der Waals surface area contributed by atoms with Crippen molar-refractivity contribution >= 4 is 17.8 Å². The molecule has 0 aliphatic heterocycles. The molecule has 0 amide bonds. The smallest absolute Gasteiger partial charge is 0.156 e. The number of rotatable bonds is 7. The van der Waals surface area contributed by atoms with Crippen molar-refractivity contribution in [3.05, 3.63) is 76.3 Å². The van der Waals surface area contributed by atoms with E-state index in [4.69, 9.17) is 16.8 Å². The van der Waals surface area contributed by atoms with E-state index in [2.05, 4.69) is 23.1 Å².